The molecule has 1 aromatic carbocycles. The van der Waals surface area contributed by atoms with E-state index in [2.05, 4.69) is 10.2 Å². The van der Waals surface area contributed by atoms with Gasteiger partial charge in [-0.3, -0.25) is 0 Å². The molecule has 8 heteroatoms. The highest BCUT2D eigenvalue weighted by molar-refractivity contribution is 7.89. The average molecular weight is 294 g/mol. The van der Waals surface area contributed by atoms with Crippen LogP contribution >= 0.6 is 0 Å². The van der Waals surface area contributed by atoms with Crippen LogP contribution in [0.4, 0.5) is 6.01 Å². The molecule has 3 rings (SSSR count). The molecule has 1 saturated heterocycles. The smallest absolute Gasteiger partial charge is 0.313 e. The third-order valence-electron chi connectivity index (χ3n) is 3.24. The van der Waals surface area contributed by atoms with Gasteiger partial charge in [0.1, 0.15) is 0 Å². The number of hydrogen-bond acceptors (Lipinski definition) is 6. The molecule has 1 fully saturated rings. The van der Waals surface area contributed by atoms with Crippen molar-refractivity contribution in [1.29, 1.82) is 0 Å². The van der Waals surface area contributed by atoms with Crippen LogP contribution < -0.4 is 5.73 Å². The topological polar surface area (TPSA) is 102 Å². The predicted molar refractivity (Wildman–Crippen MR) is 72.1 cm³/mol. The fourth-order valence-electron chi connectivity index (χ4n) is 2.20. The van der Waals surface area contributed by atoms with Crippen molar-refractivity contribution in [3.05, 3.63) is 24.3 Å². The van der Waals surface area contributed by atoms with Crippen molar-refractivity contribution < 1.29 is 12.8 Å². The second-order valence-corrected chi connectivity index (χ2v) is 6.52. The van der Waals surface area contributed by atoms with Crippen LogP contribution in [-0.2, 0) is 10.0 Å². The Morgan fingerprint density at radius 2 is 1.75 bits per heavy atom. The van der Waals surface area contributed by atoms with Crippen molar-refractivity contribution in [2.24, 2.45) is 0 Å². The van der Waals surface area contributed by atoms with Crippen LogP contribution in [0.15, 0.2) is 33.6 Å². The van der Waals surface area contributed by atoms with E-state index in [4.69, 9.17) is 10.2 Å². The van der Waals surface area contributed by atoms with Gasteiger partial charge in [-0.05, 0) is 37.1 Å². The van der Waals surface area contributed by atoms with Crippen molar-refractivity contribution in [2.45, 2.75) is 17.7 Å². The van der Waals surface area contributed by atoms with Gasteiger partial charge in [0.2, 0.25) is 15.9 Å². The van der Waals surface area contributed by atoms with Crippen molar-refractivity contribution in [3.63, 3.8) is 0 Å². The highest BCUT2D eigenvalue weighted by atomic mass is 32.2. The molecule has 0 radical (unpaired) electrons. The third kappa shape index (κ3) is 2.27. The minimum atomic E-state index is -3.39. The monoisotopic (exact) mass is 294 g/mol. The molecule has 0 atom stereocenters. The number of nitrogen functional groups attached to an aromatic ring is 1. The predicted octanol–water partition coefficient (Wildman–Crippen LogP) is 1.10. The zero-order valence-corrected chi connectivity index (χ0v) is 11.5. The fraction of sp³-hybridized carbons (Fsp3) is 0.333. The van der Waals surface area contributed by atoms with Crippen LogP contribution in [0.5, 0.6) is 0 Å². The van der Waals surface area contributed by atoms with E-state index in [9.17, 15) is 8.42 Å². The van der Waals surface area contributed by atoms with Gasteiger partial charge in [-0.2, -0.15) is 4.31 Å². The van der Waals surface area contributed by atoms with E-state index in [0.717, 1.165) is 12.8 Å². The first-order valence-electron chi connectivity index (χ1n) is 6.27. The van der Waals surface area contributed by atoms with E-state index in [1.54, 1.807) is 24.3 Å². The summed E-state index contributed by atoms with van der Waals surface area (Å²) in [5.41, 5.74) is 5.99. The summed E-state index contributed by atoms with van der Waals surface area (Å²) in [5.74, 6) is 0.271. The lowest BCUT2D eigenvalue weighted by atomic mass is 10.2. The molecule has 1 aliphatic rings. The molecule has 1 aromatic heterocycles. The lowest BCUT2D eigenvalue weighted by molar-refractivity contribution is 0.477. The maximum atomic E-state index is 12.3. The molecule has 0 amide bonds. The van der Waals surface area contributed by atoms with E-state index in [1.807, 2.05) is 0 Å². The Morgan fingerprint density at radius 3 is 2.30 bits per heavy atom. The highest BCUT2D eigenvalue weighted by Gasteiger charge is 2.27. The minimum Gasteiger partial charge on any atom is -0.404 e. The summed E-state index contributed by atoms with van der Waals surface area (Å²) in [4.78, 5) is 0.274. The molecule has 20 heavy (non-hydrogen) atoms. The largest absolute Gasteiger partial charge is 0.404 e. The lowest BCUT2D eigenvalue weighted by Crippen LogP contribution is -2.27. The molecule has 0 spiro atoms. The maximum absolute atomic E-state index is 12.3. The Labute approximate surface area is 116 Å². The minimum absolute atomic E-state index is 0.0197. The standard InChI is InChI=1S/C12H14N4O3S/c13-12-15-14-11(19-12)9-3-5-10(6-4-9)20(17,18)16-7-1-2-8-16/h3-6H,1-2,7-8H2,(H2,13,15). The van der Waals surface area contributed by atoms with Gasteiger partial charge in [0.25, 0.3) is 0 Å². The zero-order valence-electron chi connectivity index (χ0n) is 10.7. The molecule has 1 aliphatic heterocycles. The molecular weight excluding hydrogens is 280 g/mol. The van der Waals surface area contributed by atoms with Gasteiger partial charge in [0.15, 0.2) is 0 Å². The molecular formula is C12H14N4O3S. The van der Waals surface area contributed by atoms with E-state index < -0.39 is 10.0 Å². The quantitative estimate of drug-likeness (QED) is 0.909. The van der Waals surface area contributed by atoms with Gasteiger partial charge in [0.05, 0.1) is 4.90 Å². The Hall–Kier alpha value is -1.93. The van der Waals surface area contributed by atoms with Crippen molar-refractivity contribution >= 4 is 16.0 Å². The van der Waals surface area contributed by atoms with E-state index in [1.165, 1.54) is 4.31 Å². The summed E-state index contributed by atoms with van der Waals surface area (Å²) in [6.45, 7) is 1.18. The Kier molecular flexibility index (Phi) is 3.19. The number of hydrogen-bond donors (Lipinski definition) is 1. The van der Waals surface area contributed by atoms with Crippen LogP contribution in [-0.4, -0.2) is 36.0 Å². The maximum Gasteiger partial charge on any atom is 0.313 e. The normalized spacial score (nSPS) is 16.6. The van der Waals surface area contributed by atoms with Gasteiger partial charge in [-0.15, -0.1) is 5.10 Å². The van der Waals surface area contributed by atoms with Crippen LogP contribution in [0.2, 0.25) is 0 Å². The molecule has 0 saturated carbocycles. The van der Waals surface area contributed by atoms with E-state index in [0.29, 0.717) is 18.7 Å². The Balaban J connectivity index is 1.89. The van der Waals surface area contributed by atoms with Crippen LogP contribution in [0.1, 0.15) is 12.8 Å². The lowest BCUT2D eigenvalue weighted by Gasteiger charge is -2.15. The molecule has 2 N–H and O–H groups in total. The zero-order chi connectivity index (χ0) is 14.2. The summed E-state index contributed by atoms with van der Waals surface area (Å²) >= 11 is 0. The number of nitrogens with two attached hydrogens (primary N) is 1. The Bertz CT molecular complexity index is 703. The second kappa shape index (κ2) is 4.88. The summed E-state index contributed by atoms with van der Waals surface area (Å²) in [6, 6.07) is 6.34. The summed E-state index contributed by atoms with van der Waals surface area (Å²) in [6.07, 6.45) is 1.83. The number of sulfonamides is 1. The highest BCUT2D eigenvalue weighted by Crippen LogP contribution is 2.24. The van der Waals surface area contributed by atoms with Gasteiger partial charge in [0, 0.05) is 18.7 Å². The summed E-state index contributed by atoms with van der Waals surface area (Å²) in [5, 5.41) is 7.32. The molecule has 106 valence electrons. The summed E-state index contributed by atoms with van der Waals surface area (Å²) < 4.78 is 31.3. The van der Waals surface area contributed by atoms with Gasteiger partial charge >= 0.3 is 6.01 Å². The van der Waals surface area contributed by atoms with Crippen LogP contribution in [0.25, 0.3) is 11.5 Å². The summed E-state index contributed by atoms with van der Waals surface area (Å²) in [7, 11) is -3.39. The van der Waals surface area contributed by atoms with E-state index >= 15 is 0 Å². The van der Waals surface area contributed by atoms with Crippen molar-refractivity contribution in [1.82, 2.24) is 14.5 Å². The number of anilines is 1. The molecule has 0 aliphatic carbocycles. The second-order valence-electron chi connectivity index (χ2n) is 4.58. The first-order valence-corrected chi connectivity index (χ1v) is 7.71. The fourth-order valence-corrected chi connectivity index (χ4v) is 3.72. The number of rotatable bonds is 3. The van der Waals surface area contributed by atoms with Crippen LogP contribution in [0, 0.1) is 0 Å². The molecule has 2 aromatic rings. The number of nitrogens with zero attached hydrogens (tertiary/aromatic N) is 3. The van der Waals surface area contributed by atoms with Gasteiger partial charge in [-0.25, -0.2) is 8.42 Å². The number of benzene rings is 1. The SMILES string of the molecule is Nc1nnc(-c2ccc(S(=O)(=O)N3CCCC3)cc2)o1. The first kappa shape index (κ1) is 13.1. The molecule has 2 heterocycles. The molecule has 7 nitrogen and oxygen atoms in total. The van der Waals surface area contributed by atoms with E-state index in [-0.39, 0.29) is 16.8 Å². The van der Waals surface area contributed by atoms with Crippen molar-refractivity contribution in [2.75, 3.05) is 18.8 Å². The van der Waals surface area contributed by atoms with Crippen LogP contribution in [0.3, 0.4) is 0 Å². The average Bonchev–Trinajstić information content (AvgIpc) is 3.10. The Morgan fingerprint density at radius 1 is 1.10 bits per heavy atom. The third-order valence-corrected chi connectivity index (χ3v) is 5.16. The first-order chi connectivity index (χ1) is 9.57. The number of aromatic nitrogens is 2. The molecule has 0 unspecified atom stereocenters. The van der Waals surface area contributed by atoms with Gasteiger partial charge in [-0.1, -0.05) is 5.10 Å². The van der Waals surface area contributed by atoms with Gasteiger partial charge < -0.3 is 10.2 Å². The van der Waals surface area contributed by atoms with Crippen molar-refractivity contribution in [3.8, 4) is 11.5 Å². The molecule has 0 bridgehead atoms.